The maximum atomic E-state index is 11.6. The highest BCUT2D eigenvalue weighted by Gasteiger charge is 2.41. The number of carbonyl (C=O) groups is 1. The zero-order valence-corrected chi connectivity index (χ0v) is 28.0. The highest BCUT2D eigenvalue weighted by atomic mass is 16.6. The summed E-state index contributed by atoms with van der Waals surface area (Å²) in [6, 6.07) is 19.4. The number of carboxylic acids is 1. The number of non-ortho nitro benzene ring substituents is 2. The second-order valence-electron chi connectivity index (χ2n) is 13.2. The van der Waals surface area contributed by atoms with E-state index in [1.807, 2.05) is 63.8 Å². The Bertz CT molecular complexity index is 2220. The Morgan fingerprint density at radius 1 is 0.980 bits per heavy atom. The summed E-state index contributed by atoms with van der Waals surface area (Å²) in [6.45, 7) is 14.4. The Hall–Kier alpha value is -6.08. The number of allylic oxidation sites excluding steroid dienone is 7. The predicted octanol–water partition coefficient (Wildman–Crippen LogP) is 9.11. The average Bonchev–Trinajstić information content (AvgIpc) is 3.27. The fourth-order valence-corrected chi connectivity index (χ4v) is 6.85. The third-order valence-electron chi connectivity index (χ3n) is 9.46. The van der Waals surface area contributed by atoms with Crippen molar-refractivity contribution in [3.8, 4) is 6.07 Å². The van der Waals surface area contributed by atoms with Gasteiger partial charge in [0.05, 0.1) is 27.9 Å². The quantitative estimate of drug-likeness (QED) is 0.0768. The van der Waals surface area contributed by atoms with Crippen molar-refractivity contribution in [2.24, 2.45) is 0 Å². The van der Waals surface area contributed by atoms with Gasteiger partial charge in [0.2, 0.25) is 0 Å². The van der Waals surface area contributed by atoms with Gasteiger partial charge in [-0.15, -0.1) is 0 Å². The maximum Gasteiger partial charge on any atom is 0.305 e. The number of hydrogen-bond acceptors (Lipinski definition) is 7. The molecule has 1 heterocycles. The number of carboxylic acid groups (broad SMARTS) is 1. The van der Waals surface area contributed by atoms with E-state index in [2.05, 4.69) is 12.6 Å². The molecule has 0 saturated carbocycles. The number of nitrogens with zero attached hydrogens (tertiary/aromatic N) is 4. The summed E-state index contributed by atoms with van der Waals surface area (Å²) in [5, 5.41) is 46.0. The van der Waals surface area contributed by atoms with Gasteiger partial charge in [-0.25, -0.2) is 0 Å². The molecular formula is C39H36N4O6. The molecule has 248 valence electrons. The van der Waals surface area contributed by atoms with Crippen LogP contribution in [0.2, 0.25) is 0 Å². The molecule has 4 aromatic carbocycles. The predicted molar refractivity (Wildman–Crippen MR) is 192 cm³/mol. The van der Waals surface area contributed by atoms with Gasteiger partial charge in [-0.1, -0.05) is 58.5 Å². The second kappa shape index (κ2) is 12.8. The monoisotopic (exact) mass is 656 g/mol. The first-order chi connectivity index (χ1) is 23.1. The number of benzene rings is 4. The minimum Gasteiger partial charge on any atom is -0.481 e. The lowest BCUT2D eigenvalue weighted by molar-refractivity contribution is -0.384. The summed E-state index contributed by atoms with van der Waals surface area (Å²) in [5.74, 6) is -0.963. The molecule has 0 aromatic heterocycles. The van der Waals surface area contributed by atoms with Gasteiger partial charge in [-0.2, -0.15) is 5.26 Å². The van der Waals surface area contributed by atoms with Gasteiger partial charge >= 0.3 is 5.97 Å². The number of nitriles is 1. The molecule has 10 heteroatoms. The van der Waals surface area contributed by atoms with E-state index in [0.29, 0.717) is 16.5 Å². The maximum absolute atomic E-state index is 11.6. The lowest BCUT2D eigenvalue weighted by Crippen LogP contribution is -2.28. The van der Waals surface area contributed by atoms with Crippen LogP contribution in [0.15, 0.2) is 108 Å². The van der Waals surface area contributed by atoms with Crippen LogP contribution in [0.1, 0.15) is 50.8 Å². The molecule has 0 saturated heterocycles. The summed E-state index contributed by atoms with van der Waals surface area (Å²) in [5.41, 5.74) is 3.83. The van der Waals surface area contributed by atoms with Crippen molar-refractivity contribution in [3.05, 3.63) is 145 Å². The number of nitro groups is 2. The van der Waals surface area contributed by atoms with Crippen LogP contribution in [0, 0.1) is 38.5 Å². The lowest BCUT2D eigenvalue weighted by atomic mass is 9.74. The summed E-state index contributed by atoms with van der Waals surface area (Å²) in [4.78, 5) is 35.9. The van der Waals surface area contributed by atoms with Gasteiger partial charge < -0.3 is 10.0 Å². The Balaban J connectivity index is 1.54. The molecule has 1 aliphatic heterocycles. The van der Waals surface area contributed by atoms with Crippen LogP contribution in [0.25, 0.3) is 21.5 Å². The zero-order valence-electron chi connectivity index (χ0n) is 28.0. The number of anilines is 1. The normalized spacial score (nSPS) is 15.1. The molecule has 0 radical (unpaired) electrons. The van der Waals surface area contributed by atoms with Crippen molar-refractivity contribution in [1.82, 2.24) is 0 Å². The van der Waals surface area contributed by atoms with Crippen LogP contribution in [0.4, 0.5) is 17.1 Å². The van der Waals surface area contributed by atoms with E-state index in [1.54, 1.807) is 48.6 Å². The van der Waals surface area contributed by atoms with E-state index in [0.717, 1.165) is 44.2 Å². The molecule has 0 bridgehead atoms. The minimum atomic E-state index is -0.963. The van der Waals surface area contributed by atoms with Crippen LogP contribution >= 0.6 is 0 Å². The summed E-state index contributed by atoms with van der Waals surface area (Å²) >= 11 is 0. The van der Waals surface area contributed by atoms with Gasteiger partial charge in [0.25, 0.3) is 11.4 Å². The number of fused-ring (bicyclic) bond motifs is 4. The van der Waals surface area contributed by atoms with E-state index in [4.69, 9.17) is 0 Å². The van der Waals surface area contributed by atoms with Crippen molar-refractivity contribution in [1.29, 1.82) is 5.26 Å². The fourth-order valence-electron chi connectivity index (χ4n) is 6.85. The first-order valence-electron chi connectivity index (χ1n) is 15.7. The molecule has 0 fully saturated rings. The zero-order chi connectivity index (χ0) is 35.8. The summed E-state index contributed by atoms with van der Waals surface area (Å²) < 4.78 is 0. The van der Waals surface area contributed by atoms with Gasteiger partial charge in [0, 0.05) is 53.0 Å². The van der Waals surface area contributed by atoms with Crippen molar-refractivity contribution >= 4 is 44.6 Å². The molecule has 5 rings (SSSR count). The van der Waals surface area contributed by atoms with Crippen molar-refractivity contribution in [2.75, 3.05) is 11.4 Å². The standard InChI is InChI=1S/C39H36N4O6/c1-24-7-11-27-12-15-29(42(46)47)21-31(27)36(24)38(3,4)25(2)8-9-26(23-40)10-18-34-39(5,6)37-32-22-30(43(48)49)16-13-28(32)14-17-33(37)41(34)20-19-35(44)45/h7-18,21-22H,2,19-20H2,1,3-6H3,(H,44,45)/b9-8+,26-10-,34-18+. The third kappa shape index (κ3) is 6.31. The Morgan fingerprint density at radius 3 is 2.14 bits per heavy atom. The van der Waals surface area contributed by atoms with E-state index >= 15 is 0 Å². The number of hydrogen-bond donors (Lipinski definition) is 1. The Morgan fingerprint density at radius 2 is 1.55 bits per heavy atom. The van der Waals surface area contributed by atoms with Crippen molar-refractivity contribution in [2.45, 2.75) is 51.9 Å². The first-order valence-corrected chi connectivity index (χ1v) is 15.7. The second-order valence-corrected chi connectivity index (χ2v) is 13.2. The topological polar surface area (TPSA) is 151 Å². The van der Waals surface area contributed by atoms with Crippen LogP contribution < -0.4 is 4.90 Å². The molecule has 0 atom stereocenters. The number of aryl methyl sites for hydroxylation is 1. The highest BCUT2D eigenvalue weighted by Crippen LogP contribution is 2.51. The lowest BCUT2D eigenvalue weighted by Gasteiger charge is -2.30. The highest BCUT2D eigenvalue weighted by molar-refractivity contribution is 5.96. The number of aliphatic carboxylic acids is 1. The molecule has 0 amide bonds. The largest absolute Gasteiger partial charge is 0.481 e. The van der Waals surface area contributed by atoms with Gasteiger partial charge in [-0.3, -0.25) is 25.0 Å². The molecule has 4 aromatic rings. The number of rotatable bonds is 10. The smallest absolute Gasteiger partial charge is 0.305 e. The van der Waals surface area contributed by atoms with Crippen LogP contribution in [0.3, 0.4) is 0 Å². The average molecular weight is 657 g/mol. The van der Waals surface area contributed by atoms with E-state index in [-0.39, 0.29) is 24.3 Å². The summed E-state index contributed by atoms with van der Waals surface area (Å²) in [6.07, 6.45) is 6.77. The molecule has 1 aliphatic rings. The third-order valence-corrected chi connectivity index (χ3v) is 9.46. The van der Waals surface area contributed by atoms with Gasteiger partial charge in [-0.05, 0) is 87.2 Å². The van der Waals surface area contributed by atoms with Crippen LogP contribution in [-0.4, -0.2) is 27.5 Å². The van der Waals surface area contributed by atoms with Gasteiger partial charge in [0.15, 0.2) is 0 Å². The van der Waals surface area contributed by atoms with E-state index in [1.165, 1.54) is 12.1 Å². The molecule has 10 nitrogen and oxygen atoms in total. The minimum absolute atomic E-state index is 0.000325. The molecule has 0 spiro atoms. The molecule has 0 unspecified atom stereocenters. The Kier molecular flexibility index (Phi) is 8.98. The molecule has 1 N–H and O–H groups in total. The molecule has 49 heavy (non-hydrogen) atoms. The van der Waals surface area contributed by atoms with Crippen molar-refractivity contribution < 1.29 is 19.7 Å². The van der Waals surface area contributed by atoms with E-state index < -0.39 is 26.6 Å². The Labute approximate surface area is 283 Å². The fraction of sp³-hybridized carbons (Fsp3) is 0.231. The van der Waals surface area contributed by atoms with Gasteiger partial charge in [0.1, 0.15) is 0 Å². The van der Waals surface area contributed by atoms with Crippen molar-refractivity contribution in [3.63, 3.8) is 0 Å². The SMILES string of the molecule is C=C(/C=C/C(C#N)=C/C=C1/N(CCC(=O)O)c2ccc3ccc([N+](=O)[O-])cc3c2C1(C)C)C(C)(C)c1c(C)ccc2ccc([N+](=O)[O-])cc12. The van der Waals surface area contributed by atoms with Crippen LogP contribution in [-0.2, 0) is 15.6 Å². The molecule has 0 aliphatic carbocycles. The molecular weight excluding hydrogens is 620 g/mol. The van der Waals surface area contributed by atoms with Crippen LogP contribution in [0.5, 0.6) is 0 Å². The van der Waals surface area contributed by atoms with E-state index in [9.17, 15) is 35.4 Å². The number of nitro benzene ring substituents is 2. The summed E-state index contributed by atoms with van der Waals surface area (Å²) in [7, 11) is 0. The first kappa shape index (κ1) is 34.3.